The minimum atomic E-state index is -0.969. The number of ether oxygens (including phenoxy) is 2. The van der Waals surface area contributed by atoms with Crippen LogP contribution >= 0.6 is 0 Å². The van der Waals surface area contributed by atoms with Gasteiger partial charge in [0.15, 0.2) is 0 Å². The molecule has 1 N–H and O–H groups in total. The molecule has 30 heavy (non-hydrogen) atoms. The lowest BCUT2D eigenvalue weighted by atomic mass is 9.97. The SMILES string of the molecule is CCCc1cc(C(=O)O)cc(CCC)c1OC(C(=O)OC(C)(C)C)c1ccccc1. The molecular weight excluding hydrogens is 380 g/mol. The second kappa shape index (κ2) is 10.3. The Kier molecular flexibility index (Phi) is 8.04. The summed E-state index contributed by atoms with van der Waals surface area (Å²) in [6.45, 7) is 9.51. The number of hydrogen-bond acceptors (Lipinski definition) is 4. The smallest absolute Gasteiger partial charge is 0.352 e. The van der Waals surface area contributed by atoms with E-state index in [1.807, 2.05) is 65.0 Å². The molecule has 0 amide bonds. The van der Waals surface area contributed by atoms with Crippen LogP contribution in [0.25, 0.3) is 0 Å². The van der Waals surface area contributed by atoms with Gasteiger partial charge < -0.3 is 14.6 Å². The Hall–Kier alpha value is -2.82. The molecule has 0 saturated heterocycles. The molecule has 2 aromatic carbocycles. The quantitative estimate of drug-likeness (QED) is 0.531. The van der Waals surface area contributed by atoms with Gasteiger partial charge in [-0.25, -0.2) is 9.59 Å². The van der Waals surface area contributed by atoms with Crippen LogP contribution < -0.4 is 4.74 Å². The maximum absolute atomic E-state index is 13.0. The van der Waals surface area contributed by atoms with Crippen LogP contribution in [-0.4, -0.2) is 22.6 Å². The van der Waals surface area contributed by atoms with Crippen molar-refractivity contribution in [2.24, 2.45) is 0 Å². The van der Waals surface area contributed by atoms with Gasteiger partial charge in [0.05, 0.1) is 5.56 Å². The summed E-state index contributed by atoms with van der Waals surface area (Å²) in [5.74, 6) is -0.854. The second-order valence-electron chi connectivity index (χ2n) is 8.37. The summed E-state index contributed by atoms with van der Waals surface area (Å²) in [5, 5.41) is 9.52. The number of carboxylic acid groups (broad SMARTS) is 1. The standard InChI is InChI=1S/C25H32O5/c1-6-11-18-15-20(23(26)27)16-19(12-7-2)21(18)29-22(17-13-9-8-10-14-17)24(28)30-25(3,4)5/h8-10,13-16,22H,6-7,11-12H2,1-5H3,(H,26,27). The molecule has 0 saturated carbocycles. The van der Waals surface area contributed by atoms with E-state index < -0.39 is 23.6 Å². The van der Waals surface area contributed by atoms with Crippen molar-refractivity contribution in [3.8, 4) is 5.75 Å². The van der Waals surface area contributed by atoms with E-state index in [1.165, 1.54) is 0 Å². The molecule has 0 aliphatic rings. The summed E-state index contributed by atoms with van der Waals surface area (Å²) in [6.07, 6.45) is 2.03. The molecule has 0 bridgehead atoms. The summed E-state index contributed by atoms with van der Waals surface area (Å²) >= 11 is 0. The lowest BCUT2D eigenvalue weighted by Crippen LogP contribution is -2.30. The van der Waals surface area contributed by atoms with Crippen molar-refractivity contribution in [2.75, 3.05) is 0 Å². The average molecular weight is 413 g/mol. The van der Waals surface area contributed by atoms with Crippen molar-refractivity contribution in [1.29, 1.82) is 0 Å². The van der Waals surface area contributed by atoms with Crippen molar-refractivity contribution in [3.05, 3.63) is 64.7 Å². The Labute approximate surface area is 179 Å². The van der Waals surface area contributed by atoms with Crippen LogP contribution in [0.3, 0.4) is 0 Å². The van der Waals surface area contributed by atoms with Crippen LogP contribution in [0.5, 0.6) is 5.75 Å². The third-order valence-corrected chi connectivity index (χ3v) is 4.49. The molecule has 2 rings (SSSR count). The topological polar surface area (TPSA) is 72.8 Å². The van der Waals surface area contributed by atoms with Crippen LogP contribution in [-0.2, 0) is 22.4 Å². The van der Waals surface area contributed by atoms with Crippen molar-refractivity contribution in [1.82, 2.24) is 0 Å². The normalized spacial score (nSPS) is 12.3. The summed E-state index contributed by atoms with van der Waals surface area (Å²) in [5.41, 5.74) is 1.87. The first-order chi connectivity index (χ1) is 14.2. The zero-order valence-corrected chi connectivity index (χ0v) is 18.5. The van der Waals surface area contributed by atoms with Gasteiger partial charge in [-0.2, -0.15) is 0 Å². The van der Waals surface area contributed by atoms with Crippen LogP contribution in [0.2, 0.25) is 0 Å². The zero-order valence-electron chi connectivity index (χ0n) is 18.5. The fourth-order valence-corrected chi connectivity index (χ4v) is 3.29. The summed E-state index contributed by atoms with van der Waals surface area (Å²) in [4.78, 5) is 24.7. The summed E-state index contributed by atoms with van der Waals surface area (Å²) in [6, 6.07) is 12.5. The Bertz CT molecular complexity index is 838. The van der Waals surface area contributed by atoms with Crippen LogP contribution in [0.1, 0.15) is 80.6 Å². The molecule has 0 heterocycles. The average Bonchev–Trinajstić information content (AvgIpc) is 2.66. The largest absolute Gasteiger partial charge is 0.478 e. The molecule has 1 atom stereocenters. The Balaban J connectivity index is 2.57. The number of aryl methyl sites for hydroxylation is 2. The van der Waals surface area contributed by atoms with Gasteiger partial charge in [0.25, 0.3) is 0 Å². The van der Waals surface area contributed by atoms with E-state index in [9.17, 15) is 14.7 Å². The highest BCUT2D eigenvalue weighted by Gasteiger charge is 2.30. The maximum Gasteiger partial charge on any atom is 0.352 e. The summed E-state index contributed by atoms with van der Waals surface area (Å²) in [7, 11) is 0. The molecule has 0 aromatic heterocycles. The van der Waals surface area contributed by atoms with Gasteiger partial charge in [-0.3, -0.25) is 0 Å². The van der Waals surface area contributed by atoms with Crippen LogP contribution in [0.4, 0.5) is 0 Å². The molecule has 0 aliphatic heterocycles. The first-order valence-corrected chi connectivity index (χ1v) is 10.5. The van der Waals surface area contributed by atoms with E-state index in [2.05, 4.69) is 0 Å². The monoisotopic (exact) mass is 412 g/mol. The van der Waals surface area contributed by atoms with Gasteiger partial charge >= 0.3 is 11.9 Å². The fraction of sp³-hybridized carbons (Fsp3) is 0.440. The van der Waals surface area contributed by atoms with Gasteiger partial charge in [-0.15, -0.1) is 0 Å². The van der Waals surface area contributed by atoms with E-state index in [1.54, 1.807) is 12.1 Å². The lowest BCUT2D eigenvalue weighted by Gasteiger charge is -2.26. The van der Waals surface area contributed by atoms with E-state index in [0.29, 0.717) is 24.2 Å². The Morgan fingerprint density at radius 1 is 0.967 bits per heavy atom. The molecule has 0 radical (unpaired) electrons. The lowest BCUT2D eigenvalue weighted by molar-refractivity contribution is -0.163. The first kappa shape index (κ1) is 23.5. The molecule has 1 unspecified atom stereocenters. The molecule has 5 nitrogen and oxygen atoms in total. The molecule has 0 spiro atoms. The van der Waals surface area contributed by atoms with Crippen LogP contribution in [0.15, 0.2) is 42.5 Å². The highest BCUT2D eigenvalue weighted by atomic mass is 16.6. The fourth-order valence-electron chi connectivity index (χ4n) is 3.29. The predicted molar refractivity (Wildman–Crippen MR) is 117 cm³/mol. The van der Waals surface area contributed by atoms with Crippen molar-refractivity contribution in [3.63, 3.8) is 0 Å². The molecule has 162 valence electrons. The van der Waals surface area contributed by atoms with E-state index >= 15 is 0 Å². The number of benzene rings is 2. The van der Waals surface area contributed by atoms with Gasteiger partial charge in [-0.05, 0) is 56.9 Å². The second-order valence-corrected chi connectivity index (χ2v) is 8.37. The van der Waals surface area contributed by atoms with Crippen molar-refractivity contribution in [2.45, 2.75) is 72.0 Å². The minimum Gasteiger partial charge on any atom is -0.478 e. The predicted octanol–water partition coefficient (Wildman–Crippen LogP) is 5.75. The van der Waals surface area contributed by atoms with Crippen molar-refractivity contribution < 1.29 is 24.2 Å². The number of carbonyl (C=O) groups excluding carboxylic acids is 1. The number of rotatable bonds is 9. The highest BCUT2D eigenvalue weighted by molar-refractivity contribution is 5.88. The van der Waals surface area contributed by atoms with Gasteiger partial charge in [0.1, 0.15) is 11.4 Å². The third-order valence-electron chi connectivity index (χ3n) is 4.49. The molecule has 0 fully saturated rings. The maximum atomic E-state index is 13.0. The number of esters is 1. The van der Waals surface area contributed by atoms with E-state index in [-0.39, 0.29) is 5.56 Å². The molecule has 2 aromatic rings. The van der Waals surface area contributed by atoms with Gasteiger partial charge in [-0.1, -0.05) is 57.0 Å². The Morgan fingerprint density at radius 2 is 1.50 bits per heavy atom. The number of carboxylic acids is 1. The number of hydrogen-bond donors (Lipinski definition) is 1. The van der Waals surface area contributed by atoms with Gasteiger partial charge in [0, 0.05) is 5.56 Å². The third kappa shape index (κ3) is 6.34. The minimum absolute atomic E-state index is 0.239. The number of aromatic carboxylic acids is 1. The van der Waals surface area contributed by atoms with E-state index in [4.69, 9.17) is 9.47 Å². The Morgan fingerprint density at radius 3 is 1.93 bits per heavy atom. The highest BCUT2D eigenvalue weighted by Crippen LogP contribution is 2.34. The van der Waals surface area contributed by atoms with Gasteiger partial charge in [0.2, 0.25) is 6.10 Å². The van der Waals surface area contributed by atoms with Crippen molar-refractivity contribution >= 4 is 11.9 Å². The molecular formula is C25H32O5. The van der Waals surface area contributed by atoms with E-state index in [0.717, 1.165) is 24.0 Å². The zero-order chi connectivity index (χ0) is 22.3. The first-order valence-electron chi connectivity index (χ1n) is 10.5. The summed E-state index contributed by atoms with van der Waals surface area (Å²) < 4.78 is 12.0. The number of carbonyl (C=O) groups is 2. The van der Waals surface area contributed by atoms with Crippen LogP contribution in [0, 0.1) is 0 Å². The molecule has 0 aliphatic carbocycles. The molecule has 5 heteroatoms.